The van der Waals surface area contributed by atoms with Crippen LogP contribution in [-0.2, 0) is 11.3 Å². The quantitative estimate of drug-likeness (QED) is 0.499. The molecule has 0 spiro atoms. The summed E-state index contributed by atoms with van der Waals surface area (Å²) in [5.74, 6) is -0.401. The monoisotopic (exact) mass is 467 g/mol. The Morgan fingerprint density at radius 3 is 2.53 bits per heavy atom. The molecule has 9 heteroatoms. The lowest BCUT2D eigenvalue weighted by atomic mass is 10.1. The summed E-state index contributed by atoms with van der Waals surface area (Å²) in [4.78, 5) is 37.9. The minimum Gasteiger partial charge on any atom is -0.324 e. The molecule has 1 amide bonds. The number of aromatic nitrogens is 4. The van der Waals surface area contributed by atoms with Gasteiger partial charge in [-0.3, -0.25) is 14.2 Å². The highest BCUT2D eigenvalue weighted by Crippen LogP contribution is 2.16. The maximum Gasteiger partial charge on any atom is 0.351 e. The number of fused-ring (bicyclic) bond motifs is 1. The van der Waals surface area contributed by atoms with Crippen molar-refractivity contribution >= 4 is 33.2 Å². The lowest BCUT2D eigenvalue weighted by molar-refractivity contribution is -0.117. The van der Waals surface area contributed by atoms with Crippen LogP contribution in [-0.4, -0.2) is 24.7 Å². The van der Waals surface area contributed by atoms with E-state index in [0.29, 0.717) is 11.4 Å². The maximum atomic E-state index is 12.9. The van der Waals surface area contributed by atoms with Gasteiger partial charge in [-0.2, -0.15) is 0 Å². The lowest BCUT2D eigenvalue weighted by Crippen LogP contribution is -2.28. The summed E-state index contributed by atoms with van der Waals surface area (Å²) in [6.07, 6.45) is 2.97. The van der Waals surface area contributed by atoms with E-state index in [1.54, 1.807) is 12.1 Å². The lowest BCUT2D eigenvalue weighted by Gasteiger charge is -2.08. The SMILES string of the molecule is Cc1ccc(C)c(NC(=O)Cn2nc3c(=O)n(-c4ccc(Br)cc4)ccn3c2=O)c1. The van der Waals surface area contributed by atoms with Gasteiger partial charge in [-0.05, 0) is 55.3 Å². The number of hydrogen-bond acceptors (Lipinski definition) is 4. The zero-order chi connectivity index (χ0) is 21.4. The Bertz CT molecular complexity index is 1380. The van der Waals surface area contributed by atoms with Crippen LogP contribution in [0, 0.1) is 13.8 Å². The van der Waals surface area contributed by atoms with Crippen LogP contribution in [0.1, 0.15) is 11.1 Å². The van der Waals surface area contributed by atoms with Crippen molar-refractivity contribution in [3.63, 3.8) is 0 Å². The van der Waals surface area contributed by atoms with E-state index in [1.807, 2.05) is 44.2 Å². The maximum absolute atomic E-state index is 12.9. The molecule has 0 fully saturated rings. The van der Waals surface area contributed by atoms with Gasteiger partial charge in [0.1, 0.15) is 6.54 Å². The van der Waals surface area contributed by atoms with Crippen LogP contribution >= 0.6 is 15.9 Å². The van der Waals surface area contributed by atoms with Gasteiger partial charge in [-0.15, -0.1) is 5.10 Å². The number of rotatable bonds is 4. The highest BCUT2D eigenvalue weighted by molar-refractivity contribution is 9.10. The highest BCUT2D eigenvalue weighted by atomic mass is 79.9. The number of amides is 1. The average molecular weight is 468 g/mol. The van der Waals surface area contributed by atoms with Crippen LogP contribution in [0.25, 0.3) is 11.3 Å². The number of hydrogen-bond donors (Lipinski definition) is 1. The van der Waals surface area contributed by atoms with Crippen LogP contribution in [0.4, 0.5) is 5.69 Å². The molecule has 0 aliphatic carbocycles. The third-order valence-corrected chi connectivity index (χ3v) is 5.24. The predicted molar refractivity (Wildman–Crippen MR) is 117 cm³/mol. The predicted octanol–water partition coefficient (Wildman–Crippen LogP) is 2.66. The Morgan fingerprint density at radius 2 is 1.80 bits per heavy atom. The largest absolute Gasteiger partial charge is 0.351 e. The van der Waals surface area contributed by atoms with Gasteiger partial charge >= 0.3 is 11.2 Å². The van der Waals surface area contributed by atoms with E-state index >= 15 is 0 Å². The first-order valence-electron chi connectivity index (χ1n) is 9.17. The minimum absolute atomic E-state index is 0.0510. The summed E-state index contributed by atoms with van der Waals surface area (Å²) in [6.45, 7) is 3.51. The molecule has 152 valence electrons. The van der Waals surface area contributed by atoms with Gasteiger partial charge in [-0.1, -0.05) is 28.1 Å². The van der Waals surface area contributed by atoms with Gasteiger partial charge < -0.3 is 5.32 Å². The average Bonchev–Trinajstić information content (AvgIpc) is 3.02. The Morgan fingerprint density at radius 1 is 1.07 bits per heavy atom. The molecule has 4 aromatic rings. The first-order chi connectivity index (χ1) is 14.3. The van der Waals surface area contributed by atoms with Crippen molar-refractivity contribution in [1.29, 1.82) is 0 Å². The Labute approximate surface area is 179 Å². The van der Waals surface area contributed by atoms with Crippen LogP contribution in [0.15, 0.2) is 68.9 Å². The highest BCUT2D eigenvalue weighted by Gasteiger charge is 2.15. The molecule has 0 radical (unpaired) electrons. The van der Waals surface area contributed by atoms with E-state index in [4.69, 9.17) is 0 Å². The molecular formula is C21H18BrN5O3. The number of anilines is 1. The van der Waals surface area contributed by atoms with Crippen LogP contribution in [0.3, 0.4) is 0 Å². The fourth-order valence-corrected chi connectivity index (χ4v) is 3.38. The Balaban J connectivity index is 1.66. The summed E-state index contributed by atoms with van der Waals surface area (Å²) in [5, 5.41) is 6.89. The van der Waals surface area contributed by atoms with Crippen LogP contribution < -0.4 is 16.6 Å². The fourth-order valence-electron chi connectivity index (χ4n) is 3.11. The molecule has 8 nitrogen and oxygen atoms in total. The summed E-state index contributed by atoms with van der Waals surface area (Å²) in [6, 6.07) is 12.9. The molecule has 2 aromatic heterocycles. The number of aryl methyl sites for hydroxylation is 2. The van der Waals surface area contributed by atoms with Crippen LogP contribution in [0.2, 0.25) is 0 Å². The first-order valence-corrected chi connectivity index (χ1v) is 9.96. The van der Waals surface area contributed by atoms with E-state index < -0.39 is 17.2 Å². The molecule has 0 unspecified atom stereocenters. The second-order valence-electron chi connectivity index (χ2n) is 6.95. The number of nitrogens with zero attached hydrogens (tertiary/aromatic N) is 4. The normalized spacial score (nSPS) is 11.0. The van der Waals surface area contributed by atoms with Crippen molar-refractivity contribution in [2.24, 2.45) is 0 Å². The van der Waals surface area contributed by atoms with Crippen molar-refractivity contribution in [2.45, 2.75) is 20.4 Å². The summed E-state index contributed by atoms with van der Waals surface area (Å²) in [7, 11) is 0. The van der Waals surface area contributed by atoms with Gasteiger partial charge in [0.25, 0.3) is 0 Å². The second-order valence-corrected chi connectivity index (χ2v) is 7.87. The summed E-state index contributed by atoms with van der Waals surface area (Å²) < 4.78 is 4.41. The van der Waals surface area contributed by atoms with Gasteiger partial charge in [0.2, 0.25) is 11.6 Å². The zero-order valence-corrected chi connectivity index (χ0v) is 17.9. The van der Waals surface area contributed by atoms with E-state index in [1.165, 1.54) is 17.0 Å². The van der Waals surface area contributed by atoms with Crippen molar-refractivity contribution in [3.8, 4) is 5.69 Å². The van der Waals surface area contributed by atoms with E-state index in [2.05, 4.69) is 26.3 Å². The minimum atomic E-state index is -0.554. The fraction of sp³-hybridized carbons (Fsp3) is 0.143. The molecule has 0 aliphatic heterocycles. The molecule has 2 heterocycles. The number of carbonyl (C=O) groups excluding carboxylic acids is 1. The molecule has 30 heavy (non-hydrogen) atoms. The summed E-state index contributed by atoms with van der Waals surface area (Å²) in [5.41, 5.74) is 2.18. The molecule has 1 N–H and O–H groups in total. The first kappa shape index (κ1) is 19.8. The van der Waals surface area contributed by atoms with E-state index in [9.17, 15) is 14.4 Å². The van der Waals surface area contributed by atoms with Gasteiger partial charge in [0, 0.05) is 28.2 Å². The molecule has 4 rings (SSSR count). The number of carbonyl (C=O) groups is 1. The molecule has 0 saturated carbocycles. The third-order valence-electron chi connectivity index (χ3n) is 4.71. The van der Waals surface area contributed by atoms with E-state index in [0.717, 1.165) is 24.7 Å². The molecule has 0 atom stereocenters. The zero-order valence-electron chi connectivity index (χ0n) is 16.3. The topological polar surface area (TPSA) is 90.4 Å². The smallest absolute Gasteiger partial charge is 0.324 e. The van der Waals surface area contributed by atoms with Crippen molar-refractivity contribution in [1.82, 2.24) is 18.7 Å². The number of benzene rings is 2. The van der Waals surface area contributed by atoms with Crippen molar-refractivity contribution in [2.75, 3.05) is 5.32 Å². The number of halogens is 1. The van der Waals surface area contributed by atoms with Crippen molar-refractivity contribution < 1.29 is 4.79 Å². The molecule has 0 bridgehead atoms. The third kappa shape index (κ3) is 3.71. The molecule has 0 aliphatic rings. The van der Waals surface area contributed by atoms with Crippen molar-refractivity contribution in [3.05, 3.63) is 91.3 Å². The van der Waals surface area contributed by atoms with Gasteiger partial charge in [-0.25, -0.2) is 13.9 Å². The van der Waals surface area contributed by atoms with E-state index in [-0.39, 0.29) is 12.2 Å². The second kappa shape index (κ2) is 7.75. The van der Waals surface area contributed by atoms with Crippen LogP contribution in [0.5, 0.6) is 0 Å². The number of nitrogens with one attached hydrogen (secondary N) is 1. The molecule has 2 aromatic carbocycles. The Hall–Kier alpha value is -3.46. The molecule has 0 saturated heterocycles. The Kier molecular flexibility index (Phi) is 5.13. The standard InChI is InChI=1S/C21H18BrN5O3/c1-13-3-4-14(2)17(11-13)23-18(28)12-27-21(30)26-10-9-25(20(29)19(26)24-27)16-7-5-15(22)6-8-16/h3-11H,12H2,1-2H3,(H,23,28). The van der Waals surface area contributed by atoms with Gasteiger partial charge in [0.05, 0.1) is 0 Å². The summed E-state index contributed by atoms with van der Waals surface area (Å²) >= 11 is 3.36. The molecular weight excluding hydrogens is 450 g/mol. The van der Waals surface area contributed by atoms with Gasteiger partial charge in [0.15, 0.2) is 0 Å².